The maximum Gasteiger partial charge on any atom is 0.488 e. The van der Waals surface area contributed by atoms with Crippen LogP contribution in [0.3, 0.4) is 0 Å². The van der Waals surface area contributed by atoms with Gasteiger partial charge in [-0.05, 0) is 49.0 Å². The van der Waals surface area contributed by atoms with E-state index in [0.717, 1.165) is 40.6 Å². The molecule has 2 aromatic carbocycles. The summed E-state index contributed by atoms with van der Waals surface area (Å²) >= 11 is 0. The zero-order valence-corrected chi connectivity index (χ0v) is 18.7. The van der Waals surface area contributed by atoms with Crippen LogP contribution in [-0.4, -0.2) is 44.2 Å². The lowest BCUT2D eigenvalue weighted by atomic mass is 9.79. The van der Waals surface area contributed by atoms with Gasteiger partial charge in [-0.3, -0.25) is 9.36 Å². The summed E-state index contributed by atoms with van der Waals surface area (Å²) in [7, 11) is -1.53. The van der Waals surface area contributed by atoms with Gasteiger partial charge in [0, 0.05) is 23.2 Å². The third-order valence-electron chi connectivity index (χ3n) is 5.97. The average Bonchev–Trinajstić information content (AvgIpc) is 3.18. The normalized spacial score (nSPS) is 12.8. The number of nitrogens with one attached hydrogen (secondary N) is 1. The van der Waals surface area contributed by atoms with Gasteiger partial charge in [0.1, 0.15) is 5.82 Å². The van der Waals surface area contributed by atoms with Gasteiger partial charge in [0.2, 0.25) is 17.7 Å². The van der Waals surface area contributed by atoms with E-state index < -0.39 is 13.0 Å². The third kappa shape index (κ3) is 3.97. The van der Waals surface area contributed by atoms with Crippen molar-refractivity contribution >= 4 is 35.2 Å². The fourth-order valence-electron chi connectivity index (χ4n) is 4.35. The van der Waals surface area contributed by atoms with Gasteiger partial charge in [0.05, 0.1) is 17.7 Å². The lowest BCUT2D eigenvalue weighted by Crippen LogP contribution is -2.30. The number of nitrogens with zero attached hydrogens (tertiary/aromatic N) is 3. The molecule has 0 saturated heterocycles. The Morgan fingerprint density at radius 1 is 1.21 bits per heavy atom. The van der Waals surface area contributed by atoms with Crippen molar-refractivity contribution < 1.29 is 19.6 Å². The zero-order chi connectivity index (χ0) is 23.8. The summed E-state index contributed by atoms with van der Waals surface area (Å²) in [5.74, 6) is 1.12. The van der Waals surface area contributed by atoms with Crippen molar-refractivity contribution in [3.05, 3.63) is 70.9 Å². The maximum atomic E-state index is 11.9. The highest BCUT2D eigenvalue weighted by molar-refractivity contribution is 6.58. The molecule has 0 bridgehead atoms. The van der Waals surface area contributed by atoms with E-state index in [1.165, 1.54) is 0 Å². The number of carbonyl (C=O) groups is 1. The molecule has 1 amide bonds. The highest BCUT2D eigenvalue weighted by Crippen LogP contribution is 2.32. The zero-order valence-electron chi connectivity index (χ0n) is 18.7. The van der Waals surface area contributed by atoms with E-state index in [0.29, 0.717) is 41.8 Å². The molecule has 34 heavy (non-hydrogen) atoms. The molecule has 0 atom stereocenters. The van der Waals surface area contributed by atoms with Crippen molar-refractivity contribution in [2.45, 2.75) is 26.3 Å². The Labute approximate surface area is 196 Å². The summed E-state index contributed by atoms with van der Waals surface area (Å²) in [6.45, 7) is 2.94. The number of aromatic nitrogens is 3. The number of nitrogens with two attached hydrogens (primary N) is 1. The largest absolute Gasteiger partial charge is 0.488 e. The first-order valence-electron chi connectivity index (χ1n) is 11.1. The first kappa shape index (κ1) is 21.9. The second-order valence-electron chi connectivity index (χ2n) is 8.30. The highest BCUT2D eigenvalue weighted by atomic mass is 16.5. The SMILES string of the molecule is Cc1cc2c(C(N)=O)cccc2n1-c1nc(NCc2cccc(B(O)O)c2)c2c(n1)OCCC2. The lowest BCUT2D eigenvalue weighted by molar-refractivity contribution is 0.100. The molecule has 0 spiro atoms. The first-order valence-corrected chi connectivity index (χ1v) is 11.1. The number of carbonyl (C=O) groups excluding carboxylic acids is 1. The fraction of sp³-hybridized carbons (Fsp3) is 0.208. The number of hydrogen-bond donors (Lipinski definition) is 4. The van der Waals surface area contributed by atoms with E-state index in [1.807, 2.05) is 29.7 Å². The van der Waals surface area contributed by atoms with E-state index >= 15 is 0 Å². The van der Waals surface area contributed by atoms with Crippen molar-refractivity contribution in [2.75, 3.05) is 11.9 Å². The second kappa shape index (κ2) is 8.81. The Balaban J connectivity index is 1.57. The summed E-state index contributed by atoms with van der Waals surface area (Å²) in [6.07, 6.45) is 1.65. The highest BCUT2D eigenvalue weighted by Gasteiger charge is 2.22. The van der Waals surface area contributed by atoms with Crippen molar-refractivity contribution in [1.29, 1.82) is 0 Å². The van der Waals surface area contributed by atoms with Gasteiger partial charge in [0.25, 0.3) is 0 Å². The molecule has 0 unspecified atom stereocenters. The van der Waals surface area contributed by atoms with Crippen molar-refractivity contribution in [1.82, 2.24) is 14.5 Å². The van der Waals surface area contributed by atoms with Crippen LogP contribution >= 0.6 is 0 Å². The molecule has 0 aliphatic carbocycles. The predicted molar refractivity (Wildman–Crippen MR) is 130 cm³/mol. The van der Waals surface area contributed by atoms with Gasteiger partial charge >= 0.3 is 7.12 Å². The van der Waals surface area contributed by atoms with Gasteiger partial charge < -0.3 is 25.8 Å². The van der Waals surface area contributed by atoms with E-state index in [4.69, 9.17) is 20.4 Å². The Morgan fingerprint density at radius 3 is 2.82 bits per heavy atom. The first-order chi connectivity index (χ1) is 16.4. The predicted octanol–water partition coefficient (Wildman–Crippen LogP) is 1.44. The van der Waals surface area contributed by atoms with Gasteiger partial charge in [-0.25, -0.2) is 0 Å². The number of anilines is 1. The third-order valence-corrected chi connectivity index (χ3v) is 5.97. The van der Waals surface area contributed by atoms with Crippen molar-refractivity contribution in [2.24, 2.45) is 5.73 Å². The maximum absolute atomic E-state index is 11.9. The van der Waals surface area contributed by atoms with E-state index in [-0.39, 0.29) is 0 Å². The summed E-state index contributed by atoms with van der Waals surface area (Å²) in [4.78, 5) is 21.5. The number of amides is 1. The van der Waals surface area contributed by atoms with Gasteiger partial charge in [-0.15, -0.1) is 0 Å². The molecule has 3 heterocycles. The molecular weight excluding hydrogens is 433 g/mol. The number of benzene rings is 2. The number of ether oxygens (including phenoxy) is 1. The molecule has 4 aromatic rings. The van der Waals surface area contributed by atoms with Crippen molar-refractivity contribution in [3.8, 4) is 11.8 Å². The number of hydrogen-bond acceptors (Lipinski definition) is 7. The molecule has 0 saturated carbocycles. The summed E-state index contributed by atoms with van der Waals surface area (Å²) in [5.41, 5.74) is 9.86. The molecule has 10 heteroatoms. The Kier molecular flexibility index (Phi) is 5.68. The average molecular weight is 457 g/mol. The van der Waals surface area contributed by atoms with E-state index in [1.54, 1.807) is 30.3 Å². The minimum absolute atomic E-state index is 0.424. The summed E-state index contributed by atoms with van der Waals surface area (Å²) in [6, 6.07) is 14.4. The Bertz CT molecular complexity index is 1400. The van der Waals surface area contributed by atoms with Crippen molar-refractivity contribution in [3.63, 3.8) is 0 Å². The number of fused-ring (bicyclic) bond motifs is 2. The van der Waals surface area contributed by atoms with Crippen LogP contribution in [0.1, 0.15) is 33.6 Å². The number of primary amides is 1. The molecule has 1 aliphatic heterocycles. The minimum Gasteiger partial charge on any atom is -0.477 e. The lowest BCUT2D eigenvalue weighted by Gasteiger charge is -2.21. The molecule has 1 aliphatic rings. The number of rotatable bonds is 6. The fourth-order valence-corrected chi connectivity index (χ4v) is 4.35. The van der Waals surface area contributed by atoms with Crippen LogP contribution in [0.5, 0.6) is 5.88 Å². The van der Waals surface area contributed by atoms with Gasteiger partial charge in [0.15, 0.2) is 0 Å². The molecule has 172 valence electrons. The minimum atomic E-state index is -1.53. The van der Waals surface area contributed by atoms with Crippen LogP contribution in [0.2, 0.25) is 0 Å². The summed E-state index contributed by atoms with van der Waals surface area (Å²) < 4.78 is 7.76. The number of aryl methyl sites for hydroxylation is 1. The smallest absolute Gasteiger partial charge is 0.477 e. The second-order valence-corrected chi connectivity index (χ2v) is 8.30. The Morgan fingerprint density at radius 2 is 2.03 bits per heavy atom. The molecule has 0 fully saturated rings. The van der Waals surface area contributed by atoms with E-state index in [9.17, 15) is 14.8 Å². The van der Waals surface area contributed by atoms with Gasteiger partial charge in [-0.2, -0.15) is 9.97 Å². The van der Waals surface area contributed by atoms with Crippen LogP contribution in [0.25, 0.3) is 16.9 Å². The molecule has 5 N–H and O–H groups in total. The monoisotopic (exact) mass is 457 g/mol. The summed E-state index contributed by atoms with van der Waals surface area (Å²) in [5, 5.41) is 23.0. The topological polar surface area (TPSA) is 136 Å². The molecule has 5 rings (SSSR count). The molecule has 9 nitrogen and oxygen atoms in total. The molecule has 2 aromatic heterocycles. The molecule has 0 radical (unpaired) electrons. The quantitative estimate of drug-likeness (QED) is 0.322. The van der Waals surface area contributed by atoms with Crippen LogP contribution in [-0.2, 0) is 13.0 Å². The molecular formula is C24H24BN5O4. The standard InChI is InChI=1S/C24H24BN5O4/c1-14-11-19-17(21(26)31)7-3-9-20(19)30(14)24-28-22(18-8-4-10-34-23(18)29-24)27-13-15-5-2-6-16(12-15)25(32)33/h2-3,5-7,9,11-12,32-33H,4,8,10,13H2,1H3,(H2,26,31)(H,27,28,29). The van der Waals surface area contributed by atoms with Crippen LogP contribution < -0.4 is 21.3 Å². The van der Waals surface area contributed by atoms with Crippen LogP contribution in [0.15, 0.2) is 48.5 Å². The Hall–Kier alpha value is -3.89. The van der Waals surface area contributed by atoms with Crippen LogP contribution in [0.4, 0.5) is 5.82 Å². The van der Waals surface area contributed by atoms with Gasteiger partial charge in [-0.1, -0.05) is 30.3 Å². The van der Waals surface area contributed by atoms with E-state index in [2.05, 4.69) is 5.32 Å². The van der Waals surface area contributed by atoms with Crippen LogP contribution in [0, 0.1) is 6.92 Å².